The van der Waals surface area contributed by atoms with Crippen LogP contribution < -0.4 is 31.1 Å². The second-order valence-electron chi connectivity index (χ2n) is 30.7. The van der Waals surface area contributed by atoms with Crippen molar-refractivity contribution in [2.45, 2.75) is 158 Å². The largest absolute Gasteiger partial charge is 0.455 e. The van der Waals surface area contributed by atoms with E-state index >= 15 is 0 Å². The number of hydrogen-bond acceptors (Lipinski definition) is 4. The zero-order chi connectivity index (χ0) is 62.6. The molecule has 89 heavy (non-hydrogen) atoms. The van der Waals surface area contributed by atoms with Crippen LogP contribution in [-0.2, 0) is 27.1 Å². The molecule has 0 spiro atoms. The zero-order valence-corrected chi connectivity index (χ0v) is 55.6. The lowest BCUT2D eigenvalue weighted by atomic mass is 9.33. The SMILES string of the molecule is Cc1cc(-c2cccc3c2oc2ccccc23)cc(C)c1N1c2cc(N(c3ccc(C(C)(C)C)cc3)c3ccccc3-c3ccccc3)ccc2B2c3cc4c(cc3N(c3c(C)cc(C(C)(C)C)cc3C)c3cc(C(C)(C)C)cc1c32)C(C)(C)CCC4(C)C. The number of aryl methyl sites for hydroxylation is 4. The van der Waals surface area contributed by atoms with Gasteiger partial charge < -0.3 is 19.1 Å². The maximum atomic E-state index is 6.77. The number of benzene rings is 10. The normalized spacial score (nSPS) is 15.0. The van der Waals surface area contributed by atoms with Gasteiger partial charge in [0.1, 0.15) is 11.2 Å². The Kier molecular flexibility index (Phi) is 13.4. The van der Waals surface area contributed by atoms with E-state index in [0.717, 1.165) is 63.0 Å². The van der Waals surface area contributed by atoms with E-state index in [0.29, 0.717) is 0 Å². The van der Waals surface area contributed by atoms with Gasteiger partial charge in [0.15, 0.2) is 0 Å². The van der Waals surface area contributed by atoms with Crippen molar-refractivity contribution in [1.82, 2.24) is 0 Å². The first-order valence-corrected chi connectivity index (χ1v) is 32.5. The van der Waals surface area contributed by atoms with Crippen LogP contribution in [-0.4, -0.2) is 6.71 Å². The van der Waals surface area contributed by atoms with E-state index in [4.69, 9.17) is 4.42 Å². The van der Waals surface area contributed by atoms with Crippen LogP contribution in [0.4, 0.5) is 51.2 Å². The number of hydrogen-bond donors (Lipinski definition) is 0. The second kappa shape index (κ2) is 20.5. The van der Waals surface area contributed by atoms with Crippen LogP contribution >= 0.6 is 0 Å². The van der Waals surface area contributed by atoms with Gasteiger partial charge in [-0.15, -0.1) is 0 Å². The summed E-state index contributed by atoms with van der Waals surface area (Å²) in [7, 11) is 0. The summed E-state index contributed by atoms with van der Waals surface area (Å²) in [6.45, 7) is 40.4. The molecule has 0 saturated heterocycles. The molecular weight excluding hydrogens is 1080 g/mol. The Balaban J connectivity index is 1.10. The lowest BCUT2D eigenvalue weighted by Gasteiger charge is -2.48. The molecular formula is C84H86BN3O. The second-order valence-corrected chi connectivity index (χ2v) is 30.7. The molecule has 10 aromatic carbocycles. The molecule has 3 heterocycles. The van der Waals surface area contributed by atoms with Gasteiger partial charge in [0.2, 0.25) is 0 Å². The summed E-state index contributed by atoms with van der Waals surface area (Å²) in [5.74, 6) is 0. The molecule has 0 atom stereocenters. The first kappa shape index (κ1) is 58.2. The highest BCUT2D eigenvalue weighted by Crippen LogP contribution is 2.54. The summed E-state index contributed by atoms with van der Waals surface area (Å²) in [6.07, 6.45) is 2.27. The standard InChI is InChI=1S/C84H86BN3O/c1-51-42-56(63-30-25-31-65-64-29-22-24-33-75(64)89-79(63)65)43-52(2)77(51)87-71-48-61(86(60-36-34-57(35-37-60)80(5,6)7)70-32-23-21-28-62(70)55-26-19-18-20-27-55)38-39-68(71)85-69-49-66-67(84(16,17)41-40-83(66,14)15)50-72(69)88(74-47-59(82(11,12)13)46-73(87)76(74)85)78-53(3)44-58(45-54(78)4)81(8,9)10/h18-39,42-50H,40-41H2,1-17H3. The summed E-state index contributed by atoms with van der Waals surface area (Å²) in [4.78, 5) is 7.94. The number of fused-ring (bicyclic) bond motifs is 8. The van der Waals surface area contributed by atoms with E-state index < -0.39 is 0 Å². The number of anilines is 9. The van der Waals surface area contributed by atoms with Gasteiger partial charge in [-0.25, -0.2) is 0 Å². The van der Waals surface area contributed by atoms with E-state index in [9.17, 15) is 0 Å². The van der Waals surface area contributed by atoms with E-state index in [-0.39, 0.29) is 33.8 Å². The minimum Gasteiger partial charge on any atom is -0.455 e. The maximum Gasteiger partial charge on any atom is 0.252 e. The Morgan fingerprint density at radius 3 is 1.54 bits per heavy atom. The first-order valence-electron chi connectivity index (χ1n) is 32.5. The number of nitrogens with zero attached hydrogens (tertiary/aromatic N) is 3. The van der Waals surface area contributed by atoms with Crippen LogP contribution in [0.3, 0.4) is 0 Å². The maximum absolute atomic E-state index is 6.77. The van der Waals surface area contributed by atoms with Crippen molar-refractivity contribution in [2.24, 2.45) is 0 Å². The van der Waals surface area contributed by atoms with Gasteiger partial charge >= 0.3 is 0 Å². The van der Waals surface area contributed by atoms with Crippen molar-refractivity contribution in [1.29, 1.82) is 0 Å². The third kappa shape index (κ3) is 9.55. The van der Waals surface area contributed by atoms with Crippen molar-refractivity contribution in [2.75, 3.05) is 14.7 Å². The zero-order valence-electron chi connectivity index (χ0n) is 55.6. The molecule has 1 aromatic heterocycles. The fourth-order valence-electron chi connectivity index (χ4n) is 15.3. The van der Waals surface area contributed by atoms with E-state index in [1.807, 2.05) is 0 Å². The Labute approximate surface area is 530 Å². The van der Waals surface area contributed by atoms with Gasteiger partial charge in [0, 0.05) is 56.0 Å². The smallest absolute Gasteiger partial charge is 0.252 e. The van der Waals surface area contributed by atoms with Crippen molar-refractivity contribution in [3.05, 3.63) is 238 Å². The Bertz CT molecular complexity index is 4620. The highest BCUT2D eigenvalue weighted by molar-refractivity contribution is 7.00. The topological polar surface area (TPSA) is 22.9 Å². The van der Waals surface area contributed by atoms with Gasteiger partial charge in [-0.3, -0.25) is 0 Å². The van der Waals surface area contributed by atoms with Crippen molar-refractivity contribution >= 4 is 96.2 Å². The summed E-state index contributed by atoms with van der Waals surface area (Å²) >= 11 is 0. The molecule has 446 valence electrons. The fraction of sp³-hybridized carbons (Fsp3) is 0.286. The van der Waals surface area contributed by atoms with Gasteiger partial charge in [-0.2, -0.15) is 0 Å². The average molecular weight is 1160 g/mol. The lowest BCUT2D eigenvalue weighted by molar-refractivity contribution is 0.332. The highest BCUT2D eigenvalue weighted by Gasteiger charge is 2.48. The molecule has 5 heteroatoms. The highest BCUT2D eigenvalue weighted by atomic mass is 16.3. The predicted octanol–water partition coefficient (Wildman–Crippen LogP) is 21.9. The van der Waals surface area contributed by atoms with Crippen LogP contribution in [0.15, 0.2) is 192 Å². The van der Waals surface area contributed by atoms with E-state index in [2.05, 4.69) is 320 Å². The van der Waals surface area contributed by atoms with Crippen LogP contribution in [0, 0.1) is 27.7 Å². The molecule has 0 N–H and O–H groups in total. The average Bonchev–Trinajstić information content (AvgIpc) is 1.09. The minimum absolute atomic E-state index is 0.0109. The Hall–Kier alpha value is -8.54. The molecule has 0 fully saturated rings. The molecule has 2 aliphatic heterocycles. The summed E-state index contributed by atoms with van der Waals surface area (Å²) in [5, 5.41) is 2.27. The van der Waals surface area contributed by atoms with Crippen LogP contribution in [0.5, 0.6) is 0 Å². The summed E-state index contributed by atoms with van der Waals surface area (Å²) < 4.78 is 6.77. The van der Waals surface area contributed by atoms with Gasteiger partial charge in [-0.05, 0) is 212 Å². The van der Waals surface area contributed by atoms with E-state index in [1.54, 1.807) is 0 Å². The molecule has 0 bridgehead atoms. The molecule has 0 radical (unpaired) electrons. The van der Waals surface area contributed by atoms with Gasteiger partial charge in [0.05, 0.1) is 17.1 Å². The molecule has 0 saturated carbocycles. The monoisotopic (exact) mass is 1160 g/mol. The Morgan fingerprint density at radius 2 is 0.921 bits per heavy atom. The van der Waals surface area contributed by atoms with Gasteiger partial charge in [0.25, 0.3) is 6.71 Å². The number of furan rings is 1. The number of para-hydroxylation sites is 3. The van der Waals surface area contributed by atoms with Crippen molar-refractivity contribution < 1.29 is 4.42 Å². The molecule has 0 amide bonds. The fourth-order valence-corrected chi connectivity index (χ4v) is 15.3. The van der Waals surface area contributed by atoms with Crippen LogP contribution in [0.2, 0.25) is 0 Å². The molecule has 1 aliphatic carbocycles. The molecule has 0 unspecified atom stereocenters. The van der Waals surface area contributed by atoms with E-state index in [1.165, 1.54) is 112 Å². The van der Waals surface area contributed by atoms with Crippen LogP contribution in [0.25, 0.3) is 44.2 Å². The van der Waals surface area contributed by atoms with Crippen molar-refractivity contribution in [3.63, 3.8) is 0 Å². The van der Waals surface area contributed by atoms with Crippen LogP contribution in [0.1, 0.15) is 153 Å². The third-order valence-electron chi connectivity index (χ3n) is 20.4. The molecule has 4 nitrogen and oxygen atoms in total. The molecule has 14 rings (SSSR count). The lowest BCUT2D eigenvalue weighted by Crippen LogP contribution is -2.62. The minimum atomic E-state index is -0.209. The first-order chi connectivity index (χ1) is 42.2. The molecule has 11 aromatic rings. The number of rotatable bonds is 7. The summed E-state index contributed by atoms with van der Waals surface area (Å²) in [5.41, 5.74) is 32.8. The van der Waals surface area contributed by atoms with Gasteiger partial charge in [-0.1, -0.05) is 211 Å². The summed E-state index contributed by atoms with van der Waals surface area (Å²) in [6, 6.07) is 72.0. The van der Waals surface area contributed by atoms with Crippen molar-refractivity contribution in [3.8, 4) is 22.3 Å². The molecule has 3 aliphatic rings. The predicted molar refractivity (Wildman–Crippen MR) is 384 cm³/mol. The third-order valence-corrected chi connectivity index (χ3v) is 20.4. The Morgan fingerprint density at radius 1 is 0.416 bits per heavy atom. The quantitative estimate of drug-likeness (QED) is 0.148.